The highest BCUT2D eigenvalue weighted by Crippen LogP contribution is 2.23. The Kier molecular flexibility index (Phi) is 3.52. The van der Waals surface area contributed by atoms with E-state index >= 15 is 0 Å². The van der Waals surface area contributed by atoms with Crippen molar-refractivity contribution < 1.29 is 14.0 Å². The molecular formula is C11H11N3O3S. The summed E-state index contributed by atoms with van der Waals surface area (Å²) in [6.07, 6.45) is 1.46. The van der Waals surface area contributed by atoms with Gasteiger partial charge in [-0.15, -0.1) is 11.3 Å². The van der Waals surface area contributed by atoms with Crippen molar-refractivity contribution in [3.63, 3.8) is 0 Å². The van der Waals surface area contributed by atoms with E-state index in [1.54, 1.807) is 5.38 Å². The fourth-order valence-electron chi connectivity index (χ4n) is 1.24. The van der Waals surface area contributed by atoms with Gasteiger partial charge in [0.15, 0.2) is 5.78 Å². The molecule has 2 aromatic heterocycles. The summed E-state index contributed by atoms with van der Waals surface area (Å²) in [7, 11) is 0. The highest BCUT2D eigenvalue weighted by molar-refractivity contribution is 7.13. The largest absolute Gasteiger partial charge is 0.446 e. The van der Waals surface area contributed by atoms with Gasteiger partial charge in [0.1, 0.15) is 22.7 Å². The van der Waals surface area contributed by atoms with Crippen molar-refractivity contribution >= 4 is 23.0 Å². The van der Waals surface area contributed by atoms with Gasteiger partial charge in [0, 0.05) is 19.2 Å². The molecule has 2 rings (SSSR count). The molecular weight excluding hydrogens is 254 g/mol. The van der Waals surface area contributed by atoms with E-state index in [0.717, 1.165) is 0 Å². The van der Waals surface area contributed by atoms with Crippen LogP contribution in [-0.2, 0) is 11.3 Å². The predicted molar refractivity (Wildman–Crippen MR) is 65.1 cm³/mol. The Morgan fingerprint density at radius 1 is 1.39 bits per heavy atom. The second kappa shape index (κ2) is 5.09. The summed E-state index contributed by atoms with van der Waals surface area (Å²) in [6, 6.07) is 0. The van der Waals surface area contributed by atoms with E-state index in [-0.39, 0.29) is 18.2 Å². The number of Topliss-reactive ketones (excluding diaryl/α,β-unsaturated/α-hetero) is 1. The van der Waals surface area contributed by atoms with Crippen LogP contribution in [0.5, 0.6) is 0 Å². The molecule has 0 bridgehead atoms. The van der Waals surface area contributed by atoms with Crippen LogP contribution in [0.25, 0.3) is 10.7 Å². The van der Waals surface area contributed by atoms with Gasteiger partial charge < -0.3 is 9.73 Å². The van der Waals surface area contributed by atoms with E-state index in [0.29, 0.717) is 22.3 Å². The molecule has 0 atom stereocenters. The number of amides is 1. The minimum absolute atomic E-state index is 0.0838. The van der Waals surface area contributed by atoms with Gasteiger partial charge in [-0.3, -0.25) is 9.59 Å². The topological polar surface area (TPSA) is 85.1 Å². The minimum atomic E-state index is -0.150. The number of nitrogens with one attached hydrogen (secondary N) is 1. The lowest BCUT2D eigenvalue weighted by atomic mass is 10.3. The maximum absolute atomic E-state index is 11.1. The lowest BCUT2D eigenvalue weighted by molar-refractivity contribution is -0.119. The zero-order chi connectivity index (χ0) is 13.1. The Hall–Kier alpha value is -2.02. The lowest BCUT2D eigenvalue weighted by Crippen LogP contribution is -2.18. The molecule has 0 aliphatic rings. The average Bonchev–Trinajstić information content (AvgIpc) is 2.95. The number of aromatic nitrogens is 2. The van der Waals surface area contributed by atoms with Crippen LogP contribution in [0.3, 0.4) is 0 Å². The van der Waals surface area contributed by atoms with Gasteiger partial charge in [0.2, 0.25) is 11.8 Å². The second-order valence-corrected chi connectivity index (χ2v) is 4.49. The van der Waals surface area contributed by atoms with E-state index in [4.69, 9.17) is 4.42 Å². The average molecular weight is 265 g/mol. The van der Waals surface area contributed by atoms with Crippen molar-refractivity contribution in [2.75, 3.05) is 0 Å². The molecule has 18 heavy (non-hydrogen) atoms. The Morgan fingerprint density at radius 2 is 2.17 bits per heavy atom. The molecule has 0 unspecified atom stereocenters. The molecule has 0 fully saturated rings. The third-order valence-corrected chi connectivity index (χ3v) is 2.99. The van der Waals surface area contributed by atoms with Crippen molar-refractivity contribution in [2.24, 2.45) is 0 Å². The summed E-state index contributed by atoms with van der Waals surface area (Å²) in [6.45, 7) is 3.12. The summed E-state index contributed by atoms with van der Waals surface area (Å²) < 4.78 is 5.20. The number of hydrogen-bond acceptors (Lipinski definition) is 6. The van der Waals surface area contributed by atoms with Gasteiger partial charge in [-0.1, -0.05) is 0 Å². The maximum Gasteiger partial charge on any atom is 0.217 e. The Bertz CT molecular complexity index is 588. The molecule has 0 aliphatic carbocycles. The first-order chi connectivity index (χ1) is 8.56. The molecule has 2 aromatic rings. The summed E-state index contributed by atoms with van der Waals surface area (Å²) >= 11 is 1.33. The first-order valence-corrected chi connectivity index (χ1v) is 6.10. The van der Waals surface area contributed by atoms with Crippen LogP contribution in [0.4, 0.5) is 0 Å². The predicted octanol–water partition coefficient (Wildman–Crippen LogP) is 1.64. The number of oxazole rings is 1. The number of nitrogens with zero attached hydrogens (tertiary/aromatic N) is 2. The molecule has 1 amide bonds. The van der Waals surface area contributed by atoms with Crippen molar-refractivity contribution in [1.82, 2.24) is 15.3 Å². The van der Waals surface area contributed by atoms with E-state index in [9.17, 15) is 9.59 Å². The van der Waals surface area contributed by atoms with Crippen molar-refractivity contribution in [3.05, 3.63) is 23.2 Å². The number of rotatable bonds is 4. The lowest BCUT2D eigenvalue weighted by Gasteiger charge is -1.94. The molecule has 0 radical (unpaired) electrons. The highest BCUT2D eigenvalue weighted by atomic mass is 32.1. The van der Waals surface area contributed by atoms with Crippen LogP contribution < -0.4 is 5.32 Å². The number of carbonyl (C=O) groups excluding carboxylic acids is 2. The molecule has 7 heteroatoms. The van der Waals surface area contributed by atoms with Crippen LogP contribution in [0.15, 0.2) is 16.1 Å². The normalized spacial score (nSPS) is 10.3. The molecule has 6 nitrogen and oxygen atoms in total. The Labute approximate surface area is 107 Å². The summed E-state index contributed by atoms with van der Waals surface area (Å²) in [5, 5.41) is 4.89. The molecule has 0 saturated carbocycles. The molecule has 0 saturated heterocycles. The van der Waals surface area contributed by atoms with Crippen molar-refractivity contribution in [2.45, 2.75) is 20.4 Å². The monoisotopic (exact) mass is 265 g/mol. The standard InChI is InChI=1S/C11H11N3O3S/c1-6(15)9-5-18-11(14-9)8-4-17-10(13-8)3-12-7(2)16/h4-5H,3H2,1-2H3,(H,12,16). The number of hydrogen-bond donors (Lipinski definition) is 1. The molecule has 94 valence electrons. The van der Waals surface area contributed by atoms with E-state index in [1.807, 2.05) is 0 Å². The first-order valence-electron chi connectivity index (χ1n) is 5.22. The zero-order valence-corrected chi connectivity index (χ0v) is 10.7. The smallest absolute Gasteiger partial charge is 0.217 e. The molecule has 0 aromatic carbocycles. The van der Waals surface area contributed by atoms with Crippen LogP contribution in [0.2, 0.25) is 0 Å². The number of thiazole rings is 1. The minimum Gasteiger partial charge on any atom is -0.446 e. The zero-order valence-electron chi connectivity index (χ0n) is 9.89. The number of carbonyl (C=O) groups is 2. The van der Waals surface area contributed by atoms with E-state index in [2.05, 4.69) is 15.3 Å². The number of ketones is 1. The summed E-state index contributed by atoms with van der Waals surface area (Å²) in [5.74, 6) is 0.169. The second-order valence-electron chi connectivity index (χ2n) is 3.63. The highest BCUT2D eigenvalue weighted by Gasteiger charge is 2.12. The van der Waals surface area contributed by atoms with Crippen LogP contribution in [0, 0.1) is 0 Å². The third kappa shape index (κ3) is 2.80. The molecule has 0 aliphatic heterocycles. The fraction of sp³-hybridized carbons (Fsp3) is 0.273. The van der Waals surface area contributed by atoms with Gasteiger partial charge in [-0.05, 0) is 0 Å². The van der Waals surface area contributed by atoms with Gasteiger partial charge in [-0.2, -0.15) is 0 Å². The Balaban J connectivity index is 2.13. The maximum atomic E-state index is 11.1. The third-order valence-electron chi connectivity index (χ3n) is 2.12. The van der Waals surface area contributed by atoms with Crippen molar-refractivity contribution in [1.29, 1.82) is 0 Å². The van der Waals surface area contributed by atoms with Gasteiger partial charge in [0.25, 0.3) is 0 Å². The quantitative estimate of drug-likeness (QED) is 0.849. The summed E-state index contributed by atoms with van der Waals surface area (Å²) in [5.41, 5.74) is 0.981. The van der Waals surface area contributed by atoms with E-state index in [1.165, 1.54) is 31.4 Å². The Morgan fingerprint density at radius 3 is 2.78 bits per heavy atom. The fourth-order valence-corrected chi connectivity index (χ4v) is 2.05. The molecule has 1 N–H and O–H groups in total. The van der Waals surface area contributed by atoms with Crippen molar-refractivity contribution in [3.8, 4) is 10.7 Å². The first kappa shape index (κ1) is 12.4. The summed E-state index contributed by atoms with van der Waals surface area (Å²) in [4.78, 5) is 30.2. The van der Waals surface area contributed by atoms with Gasteiger partial charge >= 0.3 is 0 Å². The van der Waals surface area contributed by atoms with Crippen LogP contribution >= 0.6 is 11.3 Å². The van der Waals surface area contributed by atoms with E-state index < -0.39 is 0 Å². The van der Waals surface area contributed by atoms with Crippen LogP contribution in [-0.4, -0.2) is 21.7 Å². The SMILES string of the molecule is CC(=O)NCc1nc(-c2nc(C(C)=O)cs2)co1. The van der Waals surface area contributed by atoms with Crippen LogP contribution in [0.1, 0.15) is 30.2 Å². The molecule has 2 heterocycles. The molecule has 0 spiro atoms. The van der Waals surface area contributed by atoms with Gasteiger partial charge in [-0.25, -0.2) is 9.97 Å². The van der Waals surface area contributed by atoms with Gasteiger partial charge in [0.05, 0.1) is 6.54 Å².